The fourth-order valence-corrected chi connectivity index (χ4v) is 4.19. The molecule has 0 spiro atoms. The molecule has 1 atom stereocenters. The summed E-state index contributed by atoms with van der Waals surface area (Å²) < 4.78 is 22.3. The lowest BCUT2D eigenvalue weighted by molar-refractivity contribution is -0.113. The van der Waals surface area contributed by atoms with Crippen molar-refractivity contribution in [2.75, 3.05) is 17.7 Å². The molecule has 1 amide bonds. The molecule has 160 valence electrons. The molecule has 0 radical (unpaired) electrons. The second kappa shape index (κ2) is 7.85. The van der Waals surface area contributed by atoms with Crippen LogP contribution in [0.25, 0.3) is 11.0 Å². The van der Waals surface area contributed by atoms with Crippen molar-refractivity contribution >= 4 is 28.6 Å². The van der Waals surface area contributed by atoms with E-state index in [1.807, 2.05) is 41.0 Å². The minimum atomic E-state index is -0.699. The van der Waals surface area contributed by atoms with Crippen LogP contribution in [0.4, 0.5) is 16.0 Å². The van der Waals surface area contributed by atoms with E-state index >= 15 is 4.39 Å². The smallest absolute Gasteiger partial charge is 0.255 e. The van der Waals surface area contributed by atoms with E-state index in [1.54, 1.807) is 44.4 Å². The SMILES string of the molecule is COc1ccccc1NC(=O)C1=C(C)Nc2nc3ccccc3n2C1c1ccccc1F. The molecule has 6 nitrogen and oxygen atoms in total. The second-order valence-electron chi connectivity index (χ2n) is 7.54. The number of benzene rings is 3. The lowest BCUT2D eigenvalue weighted by Gasteiger charge is -2.31. The summed E-state index contributed by atoms with van der Waals surface area (Å²) in [5.74, 6) is 0.361. The number of imidazole rings is 1. The molecule has 0 saturated carbocycles. The Labute approximate surface area is 184 Å². The molecule has 2 N–H and O–H groups in total. The molecule has 7 heteroatoms. The maximum Gasteiger partial charge on any atom is 0.255 e. The van der Waals surface area contributed by atoms with Gasteiger partial charge in [-0.05, 0) is 37.3 Å². The molecule has 1 aromatic heterocycles. The average molecular weight is 428 g/mol. The minimum absolute atomic E-state index is 0.351. The molecule has 0 saturated heterocycles. The van der Waals surface area contributed by atoms with E-state index in [0.717, 1.165) is 11.0 Å². The van der Waals surface area contributed by atoms with Crippen molar-refractivity contribution in [3.63, 3.8) is 0 Å². The Morgan fingerprint density at radius 1 is 1.06 bits per heavy atom. The Balaban J connectivity index is 1.68. The first-order valence-corrected chi connectivity index (χ1v) is 10.2. The number of para-hydroxylation sites is 4. The highest BCUT2D eigenvalue weighted by molar-refractivity contribution is 6.07. The van der Waals surface area contributed by atoms with Crippen LogP contribution in [0.15, 0.2) is 84.1 Å². The Kier molecular flexibility index (Phi) is 4.86. The topological polar surface area (TPSA) is 68.2 Å². The van der Waals surface area contributed by atoms with Gasteiger partial charge in [0.1, 0.15) is 11.6 Å². The van der Waals surface area contributed by atoms with Gasteiger partial charge in [0.15, 0.2) is 0 Å². The summed E-state index contributed by atoms with van der Waals surface area (Å²) in [7, 11) is 1.55. The number of fused-ring (bicyclic) bond motifs is 3. The zero-order valence-electron chi connectivity index (χ0n) is 17.6. The highest BCUT2D eigenvalue weighted by Gasteiger charge is 2.35. The Bertz CT molecular complexity index is 1380. The third kappa shape index (κ3) is 3.19. The normalized spacial score (nSPS) is 15.3. The van der Waals surface area contributed by atoms with Gasteiger partial charge in [-0.25, -0.2) is 9.37 Å². The lowest BCUT2D eigenvalue weighted by atomic mass is 9.93. The van der Waals surface area contributed by atoms with Crippen LogP contribution in [-0.4, -0.2) is 22.6 Å². The summed E-state index contributed by atoms with van der Waals surface area (Å²) in [6.45, 7) is 1.80. The maximum atomic E-state index is 15.1. The van der Waals surface area contributed by atoms with Gasteiger partial charge in [0.25, 0.3) is 5.91 Å². The molecule has 5 rings (SSSR count). The van der Waals surface area contributed by atoms with Crippen molar-refractivity contribution in [2.24, 2.45) is 0 Å². The number of nitrogens with one attached hydrogen (secondary N) is 2. The van der Waals surface area contributed by atoms with Crippen LogP contribution >= 0.6 is 0 Å². The summed E-state index contributed by atoms with van der Waals surface area (Å²) in [4.78, 5) is 18.2. The van der Waals surface area contributed by atoms with E-state index in [2.05, 4.69) is 15.6 Å². The van der Waals surface area contributed by atoms with Crippen molar-refractivity contribution in [3.05, 3.63) is 95.4 Å². The first-order valence-electron chi connectivity index (χ1n) is 10.2. The van der Waals surface area contributed by atoms with Crippen LogP contribution in [0.1, 0.15) is 18.5 Å². The number of aromatic nitrogens is 2. The molecule has 1 aliphatic rings. The Morgan fingerprint density at radius 2 is 1.78 bits per heavy atom. The van der Waals surface area contributed by atoms with Gasteiger partial charge in [-0.3, -0.25) is 9.36 Å². The first-order chi connectivity index (χ1) is 15.6. The third-order valence-corrected chi connectivity index (χ3v) is 5.63. The van der Waals surface area contributed by atoms with E-state index in [0.29, 0.717) is 34.2 Å². The van der Waals surface area contributed by atoms with Gasteiger partial charge in [0, 0.05) is 11.3 Å². The van der Waals surface area contributed by atoms with Crippen molar-refractivity contribution < 1.29 is 13.9 Å². The van der Waals surface area contributed by atoms with E-state index in [-0.39, 0.29) is 5.91 Å². The van der Waals surface area contributed by atoms with Gasteiger partial charge >= 0.3 is 0 Å². The third-order valence-electron chi connectivity index (χ3n) is 5.63. The van der Waals surface area contributed by atoms with Crippen LogP contribution in [0.5, 0.6) is 5.75 Å². The van der Waals surface area contributed by atoms with Gasteiger partial charge in [0.2, 0.25) is 5.95 Å². The van der Waals surface area contributed by atoms with Gasteiger partial charge in [-0.1, -0.05) is 42.5 Å². The number of carbonyl (C=O) groups excluding carboxylic acids is 1. The quantitative estimate of drug-likeness (QED) is 0.474. The van der Waals surface area contributed by atoms with Crippen LogP contribution in [0.3, 0.4) is 0 Å². The minimum Gasteiger partial charge on any atom is -0.495 e. The Hall–Kier alpha value is -4.13. The van der Waals surface area contributed by atoms with Gasteiger partial charge < -0.3 is 15.4 Å². The predicted molar refractivity (Wildman–Crippen MR) is 122 cm³/mol. The van der Waals surface area contributed by atoms with Crippen LogP contribution in [-0.2, 0) is 4.79 Å². The molecule has 0 aliphatic carbocycles. The summed E-state index contributed by atoms with van der Waals surface area (Å²) in [6, 6.07) is 20.6. The van der Waals surface area contributed by atoms with Crippen molar-refractivity contribution in [3.8, 4) is 5.75 Å². The summed E-state index contributed by atoms with van der Waals surface area (Å²) in [6.07, 6.45) is 0. The number of anilines is 2. The van der Waals surface area contributed by atoms with E-state index < -0.39 is 11.9 Å². The van der Waals surface area contributed by atoms with Crippen molar-refractivity contribution in [1.82, 2.24) is 9.55 Å². The van der Waals surface area contributed by atoms with Crippen molar-refractivity contribution in [1.29, 1.82) is 0 Å². The molecule has 2 heterocycles. The Morgan fingerprint density at radius 3 is 2.59 bits per heavy atom. The van der Waals surface area contributed by atoms with Crippen LogP contribution in [0, 0.1) is 5.82 Å². The number of methoxy groups -OCH3 is 1. The summed E-state index contributed by atoms with van der Waals surface area (Å²) >= 11 is 0. The predicted octanol–water partition coefficient (Wildman–Crippen LogP) is 5.11. The molecule has 1 aliphatic heterocycles. The fraction of sp³-hybridized carbons (Fsp3) is 0.120. The molecular weight excluding hydrogens is 407 g/mol. The summed E-state index contributed by atoms with van der Waals surface area (Å²) in [5.41, 5.74) is 3.50. The number of halogens is 1. The lowest BCUT2D eigenvalue weighted by Crippen LogP contribution is -2.31. The van der Waals surface area contributed by atoms with Gasteiger partial charge in [-0.2, -0.15) is 0 Å². The zero-order valence-corrected chi connectivity index (χ0v) is 17.6. The number of hydrogen-bond acceptors (Lipinski definition) is 4. The standard InChI is InChI=1S/C25H21FN4O2/c1-15-22(24(31)28-19-12-6-8-14-21(19)32-2)23(16-9-3-4-10-17(16)26)30-20-13-7-5-11-18(20)29-25(30)27-15/h3-14,23H,1-2H3,(H,27,29)(H,28,31). The molecule has 0 fully saturated rings. The maximum absolute atomic E-state index is 15.1. The molecule has 3 aromatic carbocycles. The number of carbonyl (C=O) groups is 1. The fourth-order valence-electron chi connectivity index (χ4n) is 4.19. The molecular formula is C25H21FN4O2. The number of hydrogen-bond donors (Lipinski definition) is 2. The zero-order chi connectivity index (χ0) is 22.2. The molecule has 4 aromatic rings. The van der Waals surface area contributed by atoms with Gasteiger partial charge in [-0.15, -0.1) is 0 Å². The molecule has 32 heavy (non-hydrogen) atoms. The number of nitrogens with zero attached hydrogens (tertiary/aromatic N) is 2. The molecule has 1 unspecified atom stereocenters. The first kappa shape index (κ1) is 19.8. The molecule has 0 bridgehead atoms. The largest absolute Gasteiger partial charge is 0.495 e. The summed E-state index contributed by atoms with van der Waals surface area (Å²) in [5, 5.41) is 6.16. The van der Waals surface area contributed by atoms with Crippen LogP contribution in [0.2, 0.25) is 0 Å². The highest BCUT2D eigenvalue weighted by atomic mass is 19.1. The number of rotatable bonds is 4. The second-order valence-corrected chi connectivity index (χ2v) is 7.54. The number of amides is 1. The van der Waals surface area contributed by atoms with E-state index in [1.165, 1.54) is 6.07 Å². The van der Waals surface area contributed by atoms with E-state index in [9.17, 15) is 4.79 Å². The van der Waals surface area contributed by atoms with Crippen molar-refractivity contribution in [2.45, 2.75) is 13.0 Å². The van der Waals surface area contributed by atoms with Crippen LogP contribution < -0.4 is 15.4 Å². The average Bonchev–Trinajstić information content (AvgIpc) is 3.16. The van der Waals surface area contributed by atoms with Gasteiger partial charge in [0.05, 0.1) is 35.4 Å². The highest BCUT2D eigenvalue weighted by Crippen LogP contribution is 2.40. The monoisotopic (exact) mass is 428 g/mol. The number of allylic oxidation sites excluding steroid dienone is 1. The number of ether oxygens (including phenoxy) is 1. The van der Waals surface area contributed by atoms with E-state index in [4.69, 9.17) is 4.74 Å².